The van der Waals surface area contributed by atoms with Crippen molar-refractivity contribution in [2.75, 3.05) is 13.1 Å². The number of rotatable bonds is 4. The molecule has 0 spiro atoms. The van der Waals surface area contributed by atoms with Gasteiger partial charge in [0.2, 0.25) is 5.91 Å². The molecule has 1 fully saturated rings. The molecular formula is C20H21N3O3. The molecule has 1 N–H and O–H groups in total. The third-order valence-electron chi connectivity index (χ3n) is 5.00. The number of carbonyl (C=O) groups excluding carboxylic acids is 1. The normalized spacial score (nSPS) is 14.5. The Morgan fingerprint density at radius 1 is 1.27 bits per heavy atom. The number of aromatic nitrogens is 2. The molecule has 1 aromatic carbocycles. The topological polar surface area (TPSA) is 67.3 Å². The van der Waals surface area contributed by atoms with Gasteiger partial charge >= 0.3 is 0 Å². The van der Waals surface area contributed by atoms with E-state index in [0.29, 0.717) is 25.3 Å². The zero-order chi connectivity index (χ0) is 18.3. The van der Waals surface area contributed by atoms with Crippen LogP contribution in [0.3, 0.4) is 0 Å². The second-order valence-corrected chi connectivity index (χ2v) is 6.80. The minimum Gasteiger partial charge on any atom is -0.486 e. The first-order chi connectivity index (χ1) is 12.5. The van der Waals surface area contributed by atoms with Crippen molar-refractivity contribution in [2.45, 2.75) is 19.4 Å². The lowest BCUT2D eigenvalue weighted by Gasteiger charge is -2.39. The van der Waals surface area contributed by atoms with Crippen molar-refractivity contribution < 1.29 is 9.53 Å². The summed E-state index contributed by atoms with van der Waals surface area (Å²) in [6, 6.07) is 11.3. The van der Waals surface area contributed by atoms with Crippen LogP contribution in [0.2, 0.25) is 0 Å². The third kappa shape index (κ3) is 2.98. The number of ether oxygens (including phenoxy) is 1. The van der Waals surface area contributed by atoms with Gasteiger partial charge < -0.3 is 19.2 Å². The second kappa shape index (κ2) is 6.37. The minimum atomic E-state index is -0.0911. The summed E-state index contributed by atoms with van der Waals surface area (Å²) in [6.45, 7) is 2.97. The first-order valence-corrected chi connectivity index (χ1v) is 8.68. The number of fused-ring (bicyclic) bond motifs is 1. The predicted molar refractivity (Wildman–Crippen MR) is 99.4 cm³/mol. The molecule has 134 valence electrons. The highest BCUT2D eigenvalue weighted by Crippen LogP contribution is 2.22. The molecular weight excluding hydrogens is 330 g/mol. The maximum Gasteiger partial charge on any atom is 0.254 e. The summed E-state index contributed by atoms with van der Waals surface area (Å²) in [7, 11) is 1.73. The Morgan fingerprint density at radius 2 is 2.04 bits per heavy atom. The Bertz CT molecular complexity index is 1030. The van der Waals surface area contributed by atoms with Crippen molar-refractivity contribution in [3.05, 3.63) is 64.2 Å². The van der Waals surface area contributed by atoms with Gasteiger partial charge in [-0.1, -0.05) is 18.2 Å². The molecule has 3 heterocycles. The number of aryl methyl sites for hydroxylation is 1. The van der Waals surface area contributed by atoms with Crippen molar-refractivity contribution >= 4 is 16.8 Å². The summed E-state index contributed by atoms with van der Waals surface area (Å²) in [4.78, 5) is 29.3. The number of benzene rings is 1. The number of nitrogens with one attached hydrogen (secondary N) is 1. The van der Waals surface area contributed by atoms with Gasteiger partial charge in [-0.2, -0.15) is 0 Å². The van der Waals surface area contributed by atoms with Crippen molar-refractivity contribution in [3.63, 3.8) is 0 Å². The van der Waals surface area contributed by atoms with Crippen molar-refractivity contribution in [1.29, 1.82) is 0 Å². The molecule has 0 bridgehead atoms. The molecule has 0 radical (unpaired) electrons. The lowest BCUT2D eigenvalue weighted by Crippen LogP contribution is -2.56. The van der Waals surface area contributed by atoms with Crippen molar-refractivity contribution in [2.24, 2.45) is 7.05 Å². The predicted octanol–water partition coefficient (Wildman–Crippen LogP) is 2.01. The highest BCUT2D eigenvalue weighted by molar-refractivity contribution is 5.89. The van der Waals surface area contributed by atoms with E-state index in [1.54, 1.807) is 16.5 Å². The van der Waals surface area contributed by atoms with Gasteiger partial charge in [0.15, 0.2) is 0 Å². The van der Waals surface area contributed by atoms with Gasteiger partial charge in [0.1, 0.15) is 11.9 Å². The number of hydrogen-bond acceptors (Lipinski definition) is 3. The molecule has 0 aliphatic carbocycles. The zero-order valence-corrected chi connectivity index (χ0v) is 14.9. The largest absolute Gasteiger partial charge is 0.486 e. The van der Waals surface area contributed by atoms with Gasteiger partial charge in [-0.15, -0.1) is 0 Å². The fourth-order valence-corrected chi connectivity index (χ4v) is 3.27. The lowest BCUT2D eigenvalue weighted by atomic mass is 10.1. The molecule has 26 heavy (non-hydrogen) atoms. The fraction of sp³-hybridized carbons (Fsp3) is 0.300. The number of hydrogen-bond donors (Lipinski definition) is 1. The molecule has 1 aliphatic heterocycles. The molecule has 3 aromatic rings. The average molecular weight is 351 g/mol. The maximum absolute atomic E-state index is 12.5. The van der Waals surface area contributed by atoms with E-state index in [1.165, 1.54) is 6.07 Å². The Labute approximate surface area is 151 Å². The summed E-state index contributed by atoms with van der Waals surface area (Å²) < 4.78 is 7.41. The van der Waals surface area contributed by atoms with E-state index in [2.05, 4.69) is 4.98 Å². The van der Waals surface area contributed by atoms with E-state index in [0.717, 1.165) is 22.2 Å². The summed E-state index contributed by atoms with van der Waals surface area (Å²) in [5.74, 6) is 0.661. The number of pyridine rings is 1. The van der Waals surface area contributed by atoms with Crippen LogP contribution in [0.1, 0.15) is 11.3 Å². The van der Waals surface area contributed by atoms with E-state index in [9.17, 15) is 9.59 Å². The SMILES string of the molecule is Cc1cc(OC2CN(C(=O)Cc3c[nH]c4ccccc34)C2)cc(=O)n1C. The molecule has 1 amide bonds. The summed E-state index contributed by atoms with van der Waals surface area (Å²) in [6.07, 6.45) is 2.22. The Morgan fingerprint density at radius 3 is 2.81 bits per heavy atom. The first-order valence-electron chi connectivity index (χ1n) is 8.68. The van der Waals surface area contributed by atoms with Crippen LogP contribution in [-0.4, -0.2) is 39.6 Å². The van der Waals surface area contributed by atoms with Crippen LogP contribution in [-0.2, 0) is 18.3 Å². The summed E-state index contributed by atoms with van der Waals surface area (Å²) in [5.41, 5.74) is 2.81. The molecule has 0 atom stereocenters. The van der Waals surface area contributed by atoms with Gasteiger partial charge in [0, 0.05) is 35.9 Å². The lowest BCUT2D eigenvalue weighted by molar-refractivity contribution is -0.139. The van der Waals surface area contributed by atoms with E-state index in [1.807, 2.05) is 43.5 Å². The van der Waals surface area contributed by atoms with Gasteiger partial charge in [0.05, 0.1) is 19.5 Å². The van der Waals surface area contributed by atoms with E-state index in [-0.39, 0.29) is 17.6 Å². The molecule has 2 aromatic heterocycles. The Kier molecular flexibility index (Phi) is 4.03. The minimum absolute atomic E-state index is 0.0616. The number of aromatic amines is 1. The van der Waals surface area contributed by atoms with Gasteiger partial charge in [-0.3, -0.25) is 9.59 Å². The fourth-order valence-electron chi connectivity index (χ4n) is 3.27. The van der Waals surface area contributed by atoms with Crippen LogP contribution >= 0.6 is 0 Å². The van der Waals surface area contributed by atoms with Crippen LogP contribution in [0.5, 0.6) is 5.75 Å². The van der Waals surface area contributed by atoms with Crippen molar-refractivity contribution in [1.82, 2.24) is 14.5 Å². The Balaban J connectivity index is 1.36. The van der Waals surface area contributed by atoms with E-state index < -0.39 is 0 Å². The molecule has 6 heteroatoms. The van der Waals surface area contributed by atoms with Crippen LogP contribution < -0.4 is 10.3 Å². The zero-order valence-electron chi connectivity index (χ0n) is 14.9. The standard InChI is InChI=1S/C20H21N3O3/c1-13-7-15(9-19(24)22(13)2)26-16-11-23(12-16)20(25)8-14-10-21-18-6-4-3-5-17(14)18/h3-7,9-10,16,21H,8,11-12H2,1-2H3. The smallest absolute Gasteiger partial charge is 0.254 e. The molecule has 4 rings (SSSR count). The highest BCUT2D eigenvalue weighted by atomic mass is 16.5. The number of para-hydroxylation sites is 1. The van der Waals surface area contributed by atoms with Gasteiger partial charge in [-0.25, -0.2) is 0 Å². The monoisotopic (exact) mass is 351 g/mol. The quantitative estimate of drug-likeness (QED) is 0.782. The molecule has 6 nitrogen and oxygen atoms in total. The molecule has 0 saturated carbocycles. The number of carbonyl (C=O) groups is 1. The molecule has 1 aliphatic rings. The molecule has 1 saturated heterocycles. The van der Waals surface area contributed by atoms with Gasteiger partial charge in [0.25, 0.3) is 5.56 Å². The number of nitrogens with zero attached hydrogens (tertiary/aromatic N) is 2. The molecule has 0 unspecified atom stereocenters. The van der Waals surface area contributed by atoms with E-state index in [4.69, 9.17) is 4.74 Å². The van der Waals surface area contributed by atoms with Crippen LogP contribution in [0.25, 0.3) is 10.9 Å². The maximum atomic E-state index is 12.5. The van der Waals surface area contributed by atoms with Crippen LogP contribution in [0, 0.1) is 6.92 Å². The number of H-pyrrole nitrogens is 1. The van der Waals surface area contributed by atoms with Crippen LogP contribution in [0.15, 0.2) is 47.4 Å². The van der Waals surface area contributed by atoms with Crippen LogP contribution in [0.4, 0.5) is 0 Å². The average Bonchev–Trinajstić information content (AvgIpc) is 2.98. The Hall–Kier alpha value is -3.02. The number of amides is 1. The van der Waals surface area contributed by atoms with E-state index >= 15 is 0 Å². The summed E-state index contributed by atoms with van der Waals surface area (Å²) in [5, 5.41) is 1.09. The van der Waals surface area contributed by atoms with Crippen molar-refractivity contribution in [3.8, 4) is 5.75 Å². The second-order valence-electron chi connectivity index (χ2n) is 6.80. The third-order valence-corrected chi connectivity index (χ3v) is 5.00. The highest BCUT2D eigenvalue weighted by Gasteiger charge is 2.32. The number of likely N-dealkylation sites (tertiary alicyclic amines) is 1. The van der Waals surface area contributed by atoms with Gasteiger partial charge in [-0.05, 0) is 24.6 Å². The summed E-state index contributed by atoms with van der Waals surface area (Å²) >= 11 is 0. The first kappa shape index (κ1) is 16.4.